The number of aliphatic hydroxyl groups is 1. The molecular weight excluding hydrogens is 204 g/mol. The second-order valence-electron chi connectivity index (χ2n) is 5.60. The van der Waals surface area contributed by atoms with E-state index >= 15 is 0 Å². The first-order valence-corrected chi connectivity index (χ1v) is 6.05. The molecule has 0 spiro atoms. The Morgan fingerprint density at radius 3 is 2.69 bits per heavy atom. The fourth-order valence-corrected chi connectivity index (χ4v) is 2.01. The van der Waals surface area contributed by atoms with Crippen LogP contribution in [0, 0.1) is 17.3 Å². The molecule has 94 valence electrons. The summed E-state index contributed by atoms with van der Waals surface area (Å²) in [4.78, 5) is 11.9. The van der Waals surface area contributed by atoms with Crippen LogP contribution < -0.4 is 10.6 Å². The molecule has 2 atom stereocenters. The zero-order chi connectivity index (χ0) is 12.2. The lowest BCUT2D eigenvalue weighted by Crippen LogP contribution is -2.40. The normalized spacial score (nSPS) is 25.8. The zero-order valence-electron chi connectivity index (χ0n) is 10.5. The number of nitrogens with one attached hydrogen (secondary N) is 2. The molecule has 1 fully saturated rings. The van der Waals surface area contributed by atoms with E-state index in [-0.39, 0.29) is 23.8 Å². The molecule has 4 heteroatoms. The van der Waals surface area contributed by atoms with Gasteiger partial charge in [0.15, 0.2) is 0 Å². The van der Waals surface area contributed by atoms with Crippen LogP contribution >= 0.6 is 0 Å². The number of rotatable bonds is 5. The molecule has 1 saturated heterocycles. The van der Waals surface area contributed by atoms with Crippen LogP contribution in [0.3, 0.4) is 0 Å². The highest BCUT2D eigenvalue weighted by Gasteiger charge is 2.30. The summed E-state index contributed by atoms with van der Waals surface area (Å²) in [5, 5.41) is 15.1. The van der Waals surface area contributed by atoms with Gasteiger partial charge in [-0.05, 0) is 24.3 Å². The van der Waals surface area contributed by atoms with E-state index in [2.05, 4.69) is 31.4 Å². The first-order chi connectivity index (χ1) is 7.46. The standard InChI is InChI=1S/C12H24N2O2/c1-9-6-13-7-10(9)11(16)14-8-12(2,3)4-5-15/h9-10,13,15H,4-8H2,1-3H3,(H,14,16)/t9-,10-/m1/s1. The van der Waals surface area contributed by atoms with E-state index in [9.17, 15) is 4.79 Å². The average Bonchev–Trinajstić information content (AvgIpc) is 2.61. The molecule has 1 amide bonds. The molecule has 1 aliphatic heterocycles. The minimum atomic E-state index is -0.0281. The van der Waals surface area contributed by atoms with E-state index in [1.165, 1.54) is 0 Å². The third-order valence-electron chi connectivity index (χ3n) is 3.38. The van der Waals surface area contributed by atoms with Crippen molar-refractivity contribution in [1.82, 2.24) is 10.6 Å². The van der Waals surface area contributed by atoms with Crippen LogP contribution in [0.1, 0.15) is 27.2 Å². The Balaban J connectivity index is 2.34. The van der Waals surface area contributed by atoms with Gasteiger partial charge in [0.25, 0.3) is 0 Å². The van der Waals surface area contributed by atoms with Crippen LogP contribution in [0.15, 0.2) is 0 Å². The third kappa shape index (κ3) is 3.76. The van der Waals surface area contributed by atoms with Crippen molar-refractivity contribution < 1.29 is 9.90 Å². The van der Waals surface area contributed by atoms with Gasteiger partial charge < -0.3 is 15.7 Å². The van der Waals surface area contributed by atoms with Gasteiger partial charge in [0.2, 0.25) is 5.91 Å². The van der Waals surface area contributed by atoms with Crippen LogP contribution in [0.25, 0.3) is 0 Å². The third-order valence-corrected chi connectivity index (χ3v) is 3.38. The largest absolute Gasteiger partial charge is 0.396 e. The molecular formula is C12H24N2O2. The number of amides is 1. The lowest BCUT2D eigenvalue weighted by molar-refractivity contribution is -0.125. The van der Waals surface area contributed by atoms with Gasteiger partial charge in [-0.2, -0.15) is 0 Å². The van der Waals surface area contributed by atoms with Crippen LogP contribution in [-0.2, 0) is 4.79 Å². The first kappa shape index (κ1) is 13.5. The predicted octanol–water partition coefficient (Wildman–Crippen LogP) is 0.367. The highest BCUT2D eigenvalue weighted by Crippen LogP contribution is 2.20. The second kappa shape index (κ2) is 5.64. The van der Waals surface area contributed by atoms with Gasteiger partial charge in [0.1, 0.15) is 0 Å². The SMILES string of the molecule is C[C@@H]1CNC[C@H]1C(=O)NCC(C)(C)CCO. The van der Waals surface area contributed by atoms with Crippen molar-refractivity contribution in [3.63, 3.8) is 0 Å². The highest BCUT2D eigenvalue weighted by atomic mass is 16.3. The van der Waals surface area contributed by atoms with E-state index in [0.717, 1.165) is 13.1 Å². The molecule has 0 aromatic heterocycles. The van der Waals surface area contributed by atoms with E-state index < -0.39 is 0 Å². The molecule has 1 aliphatic rings. The molecule has 0 bridgehead atoms. The molecule has 1 heterocycles. The number of hydrogen-bond acceptors (Lipinski definition) is 3. The van der Waals surface area contributed by atoms with Gasteiger partial charge in [-0.1, -0.05) is 20.8 Å². The quantitative estimate of drug-likeness (QED) is 0.637. The Bertz CT molecular complexity index is 241. The zero-order valence-corrected chi connectivity index (χ0v) is 10.5. The van der Waals surface area contributed by atoms with Crippen molar-refractivity contribution in [2.75, 3.05) is 26.2 Å². The Morgan fingerprint density at radius 2 is 2.19 bits per heavy atom. The lowest BCUT2D eigenvalue weighted by Gasteiger charge is -2.25. The van der Waals surface area contributed by atoms with Crippen molar-refractivity contribution in [3.05, 3.63) is 0 Å². The summed E-state index contributed by atoms with van der Waals surface area (Å²) in [6.07, 6.45) is 0.714. The molecule has 0 aromatic rings. The monoisotopic (exact) mass is 228 g/mol. The van der Waals surface area contributed by atoms with Crippen molar-refractivity contribution in [1.29, 1.82) is 0 Å². The summed E-state index contributed by atoms with van der Waals surface area (Å²) in [7, 11) is 0. The number of aliphatic hydroxyl groups excluding tert-OH is 1. The van der Waals surface area contributed by atoms with Gasteiger partial charge in [0.05, 0.1) is 5.92 Å². The average molecular weight is 228 g/mol. The van der Waals surface area contributed by atoms with Crippen LogP contribution in [-0.4, -0.2) is 37.3 Å². The van der Waals surface area contributed by atoms with Crippen LogP contribution in [0.5, 0.6) is 0 Å². The lowest BCUT2D eigenvalue weighted by atomic mass is 9.89. The summed E-state index contributed by atoms with van der Waals surface area (Å²) in [6, 6.07) is 0. The van der Waals surface area contributed by atoms with Crippen LogP contribution in [0.2, 0.25) is 0 Å². The van der Waals surface area contributed by atoms with Gasteiger partial charge in [0, 0.05) is 19.7 Å². The van der Waals surface area contributed by atoms with E-state index in [1.54, 1.807) is 0 Å². The predicted molar refractivity (Wildman–Crippen MR) is 64.0 cm³/mol. The summed E-state index contributed by atoms with van der Waals surface area (Å²) in [6.45, 7) is 8.73. The fraction of sp³-hybridized carbons (Fsp3) is 0.917. The summed E-state index contributed by atoms with van der Waals surface area (Å²) in [5.74, 6) is 0.661. The minimum absolute atomic E-state index is 0.0281. The van der Waals surface area contributed by atoms with Gasteiger partial charge in [-0.15, -0.1) is 0 Å². The summed E-state index contributed by atoms with van der Waals surface area (Å²) >= 11 is 0. The second-order valence-corrected chi connectivity index (χ2v) is 5.60. The topological polar surface area (TPSA) is 61.4 Å². The number of carbonyl (C=O) groups excluding carboxylic acids is 1. The Hall–Kier alpha value is -0.610. The number of hydrogen-bond donors (Lipinski definition) is 3. The minimum Gasteiger partial charge on any atom is -0.396 e. The summed E-state index contributed by atoms with van der Waals surface area (Å²) in [5.41, 5.74) is -0.0281. The van der Waals surface area contributed by atoms with Crippen molar-refractivity contribution in [3.8, 4) is 0 Å². The van der Waals surface area contributed by atoms with E-state index in [0.29, 0.717) is 18.9 Å². The molecule has 3 N–H and O–H groups in total. The molecule has 4 nitrogen and oxygen atoms in total. The molecule has 0 unspecified atom stereocenters. The van der Waals surface area contributed by atoms with E-state index in [4.69, 9.17) is 5.11 Å². The van der Waals surface area contributed by atoms with E-state index in [1.807, 2.05) is 0 Å². The Labute approximate surface area is 97.8 Å². The molecule has 0 radical (unpaired) electrons. The molecule has 1 rings (SSSR count). The molecule has 0 aromatic carbocycles. The Kier molecular flexibility index (Phi) is 4.74. The van der Waals surface area contributed by atoms with Crippen molar-refractivity contribution >= 4 is 5.91 Å². The fourth-order valence-electron chi connectivity index (χ4n) is 2.01. The van der Waals surface area contributed by atoms with Gasteiger partial charge >= 0.3 is 0 Å². The Morgan fingerprint density at radius 1 is 1.50 bits per heavy atom. The maximum absolute atomic E-state index is 11.9. The smallest absolute Gasteiger partial charge is 0.224 e. The summed E-state index contributed by atoms with van der Waals surface area (Å²) < 4.78 is 0. The molecule has 16 heavy (non-hydrogen) atoms. The maximum atomic E-state index is 11.9. The number of carbonyl (C=O) groups is 1. The van der Waals surface area contributed by atoms with Crippen LogP contribution in [0.4, 0.5) is 0 Å². The van der Waals surface area contributed by atoms with Crippen molar-refractivity contribution in [2.45, 2.75) is 27.2 Å². The molecule has 0 aliphatic carbocycles. The first-order valence-electron chi connectivity index (χ1n) is 6.05. The van der Waals surface area contributed by atoms with Gasteiger partial charge in [-0.25, -0.2) is 0 Å². The van der Waals surface area contributed by atoms with Crippen molar-refractivity contribution in [2.24, 2.45) is 17.3 Å². The molecule has 0 saturated carbocycles. The van der Waals surface area contributed by atoms with Gasteiger partial charge in [-0.3, -0.25) is 4.79 Å². The highest BCUT2D eigenvalue weighted by molar-refractivity contribution is 5.79. The maximum Gasteiger partial charge on any atom is 0.224 e.